The highest BCUT2D eigenvalue weighted by atomic mass is 16.5. The quantitative estimate of drug-likeness (QED) is 0.813. The largest absolute Gasteiger partial charge is 0.493 e. The summed E-state index contributed by atoms with van der Waals surface area (Å²) >= 11 is 0. The zero-order chi connectivity index (χ0) is 15.0. The highest BCUT2D eigenvalue weighted by molar-refractivity contribution is 5.88. The second kappa shape index (κ2) is 5.43. The van der Waals surface area contributed by atoms with Crippen molar-refractivity contribution in [1.29, 1.82) is 0 Å². The number of ether oxygens (including phenoxy) is 1. The van der Waals surface area contributed by atoms with E-state index in [1.165, 1.54) is 11.1 Å². The van der Waals surface area contributed by atoms with Crippen LogP contribution in [0.2, 0.25) is 0 Å². The molecule has 2 aromatic rings. The van der Waals surface area contributed by atoms with Gasteiger partial charge in [0.1, 0.15) is 5.76 Å². The van der Waals surface area contributed by atoms with Crippen LogP contribution in [0.5, 0.6) is 5.75 Å². The van der Waals surface area contributed by atoms with E-state index in [-0.39, 0.29) is 0 Å². The van der Waals surface area contributed by atoms with Gasteiger partial charge in [-0.3, -0.25) is 4.79 Å². The number of benzene rings is 1. The van der Waals surface area contributed by atoms with Gasteiger partial charge in [-0.05, 0) is 55.9 Å². The number of piperidine rings is 1. The van der Waals surface area contributed by atoms with E-state index in [9.17, 15) is 4.79 Å². The van der Waals surface area contributed by atoms with E-state index in [0.29, 0.717) is 5.92 Å². The van der Waals surface area contributed by atoms with Crippen molar-refractivity contribution in [3.63, 3.8) is 0 Å². The lowest BCUT2D eigenvalue weighted by molar-refractivity contribution is -0.119. The molecule has 0 aliphatic carbocycles. The number of carbonyl (C=O) groups excluding carboxylic acids is 1. The number of aryl methyl sites for hydroxylation is 2. The molecule has 0 spiro atoms. The second-order valence-electron chi connectivity index (χ2n) is 5.80. The van der Waals surface area contributed by atoms with Crippen molar-refractivity contribution in [1.82, 2.24) is 4.90 Å². The molecule has 1 amide bonds. The zero-order valence-corrected chi connectivity index (χ0v) is 12.8. The average Bonchev–Trinajstić information content (AvgIpc) is 2.82. The number of amides is 1. The minimum Gasteiger partial charge on any atom is -0.493 e. The van der Waals surface area contributed by atoms with Crippen LogP contribution in [0.4, 0.5) is 0 Å². The molecule has 0 atom stereocenters. The second-order valence-corrected chi connectivity index (χ2v) is 5.80. The minimum atomic E-state index is 0.481. The maximum absolute atomic E-state index is 10.8. The molecule has 4 heteroatoms. The van der Waals surface area contributed by atoms with E-state index in [0.717, 1.165) is 54.8 Å². The van der Waals surface area contributed by atoms with E-state index < -0.39 is 0 Å². The number of carbonyl (C=O) groups is 1. The highest BCUT2D eigenvalue weighted by Gasteiger charge is 2.22. The Kier molecular flexibility index (Phi) is 3.62. The number of fused-ring (bicyclic) bond motifs is 1. The Hall–Kier alpha value is -1.97. The van der Waals surface area contributed by atoms with Crippen LogP contribution in [0.15, 0.2) is 16.5 Å². The molecule has 1 aromatic heterocycles. The zero-order valence-electron chi connectivity index (χ0n) is 12.8. The summed E-state index contributed by atoms with van der Waals surface area (Å²) in [5, 5.41) is 1.14. The van der Waals surface area contributed by atoms with E-state index in [1.54, 1.807) is 7.11 Å². The summed E-state index contributed by atoms with van der Waals surface area (Å²) in [6.45, 7) is 5.73. The number of rotatable bonds is 3. The molecule has 1 aromatic carbocycles. The van der Waals surface area contributed by atoms with Crippen LogP contribution >= 0.6 is 0 Å². The fourth-order valence-electron chi connectivity index (χ4n) is 3.15. The summed E-state index contributed by atoms with van der Waals surface area (Å²) in [7, 11) is 1.68. The van der Waals surface area contributed by atoms with Crippen LogP contribution in [0.25, 0.3) is 11.0 Å². The molecule has 21 heavy (non-hydrogen) atoms. The topological polar surface area (TPSA) is 42.7 Å². The third-order valence-corrected chi connectivity index (χ3v) is 4.63. The fourth-order valence-corrected chi connectivity index (χ4v) is 3.15. The number of hydrogen-bond acceptors (Lipinski definition) is 3. The van der Waals surface area contributed by atoms with Crippen molar-refractivity contribution < 1.29 is 13.9 Å². The maximum atomic E-state index is 10.8. The molecular weight excluding hydrogens is 266 g/mol. The smallest absolute Gasteiger partial charge is 0.209 e. The Morgan fingerprint density at radius 1 is 1.29 bits per heavy atom. The lowest BCUT2D eigenvalue weighted by atomic mass is 9.88. The third kappa shape index (κ3) is 2.39. The molecule has 0 N–H and O–H groups in total. The molecule has 1 aliphatic rings. The fraction of sp³-hybridized carbons (Fsp3) is 0.471. The highest BCUT2D eigenvalue weighted by Crippen LogP contribution is 2.38. The average molecular weight is 287 g/mol. The van der Waals surface area contributed by atoms with Crippen LogP contribution in [0.1, 0.15) is 35.6 Å². The van der Waals surface area contributed by atoms with Crippen molar-refractivity contribution in [3.8, 4) is 5.75 Å². The van der Waals surface area contributed by atoms with Crippen LogP contribution in [0.3, 0.4) is 0 Å². The summed E-state index contributed by atoms with van der Waals surface area (Å²) in [5.41, 5.74) is 3.30. The van der Waals surface area contributed by atoms with Gasteiger partial charge in [-0.2, -0.15) is 0 Å². The predicted molar refractivity (Wildman–Crippen MR) is 81.9 cm³/mol. The van der Waals surface area contributed by atoms with Crippen LogP contribution in [-0.4, -0.2) is 31.5 Å². The van der Waals surface area contributed by atoms with Crippen molar-refractivity contribution in [2.45, 2.75) is 32.6 Å². The Morgan fingerprint density at radius 2 is 2.00 bits per heavy atom. The molecule has 3 rings (SSSR count). The van der Waals surface area contributed by atoms with Gasteiger partial charge in [-0.15, -0.1) is 0 Å². The Morgan fingerprint density at radius 3 is 2.62 bits per heavy atom. The van der Waals surface area contributed by atoms with E-state index >= 15 is 0 Å². The monoisotopic (exact) mass is 287 g/mol. The van der Waals surface area contributed by atoms with Crippen LogP contribution in [-0.2, 0) is 4.79 Å². The van der Waals surface area contributed by atoms with Gasteiger partial charge in [0, 0.05) is 18.5 Å². The molecule has 112 valence electrons. The summed E-state index contributed by atoms with van der Waals surface area (Å²) < 4.78 is 11.3. The lowest BCUT2D eigenvalue weighted by Gasteiger charge is -2.29. The maximum Gasteiger partial charge on any atom is 0.209 e. The molecule has 0 unspecified atom stereocenters. The van der Waals surface area contributed by atoms with Crippen LogP contribution in [0, 0.1) is 13.8 Å². The Labute approximate surface area is 124 Å². The normalized spacial score (nSPS) is 16.4. The first kappa shape index (κ1) is 14.0. The van der Waals surface area contributed by atoms with Crippen molar-refractivity contribution >= 4 is 17.4 Å². The number of nitrogens with zero attached hydrogens (tertiary/aromatic N) is 1. The summed E-state index contributed by atoms with van der Waals surface area (Å²) in [6, 6.07) is 4.32. The number of hydrogen-bond donors (Lipinski definition) is 0. The van der Waals surface area contributed by atoms with Gasteiger partial charge in [0.25, 0.3) is 0 Å². The van der Waals surface area contributed by atoms with Crippen LogP contribution < -0.4 is 4.74 Å². The summed E-state index contributed by atoms with van der Waals surface area (Å²) in [4.78, 5) is 12.7. The van der Waals surface area contributed by atoms with Gasteiger partial charge in [0.15, 0.2) is 11.3 Å². The van der Waals surface area contributed by atoms with E-state index in [4.69, 9.17) is 9.15 Å². The van der Waals surface area contributed by atoms with Crippen molar-refractivity contribution in [2.75, 3.05) is 20.2 Å². The molecule has 2 heterocycles. The number of furan rings is 1. The number of methoxy groups -OCH3 is 1. The summed E-state index contributed by atoms with van der Waals surface area (Å²) in [5.74, 6) is 2.22. The molecule has 1 saturated heterocycles. The first-order valence-corrected chi connectivity index (χ1v) is 7.41. The van der Waals surface area contributed by atoms with Gasteiger partial charge in [0.05, 0.1) is 7.11 Å². The lowest BCUT2D eigenvalue weighted by Crippen LogP contribution is -2.31. The first-order valence-electron chi connectivity index (χ1n) is 7.41. The molecule has 4 nitrogen and oxygen atoms in total. The minimum absolute atomic E-state index is 0.481. The van der Waals surface area contributed by atoms with Gasteiger partial charge < -0.3 is 14.1 Å². The Balaban J connectivity index is 1.99. The SMILES string of the molecule is COc1cc(C2CCN(C=O)CC2)cc2c(C)c(C)oc12. The van der Waals surface area contributed by atoms with E-state index in [1.807, 2.05) is 11.8 Å². The molecule has 0 saturated carbocycles. The predicted octanol–water partition coefficient (Wildman–Crippen LogP) is 3.39. The first-order chi connectivity index (χ1) is 10.1. The number of likely N-dealkylation sites (tertiary alicyclic amines) is 1. The molecule has 0 bridgehead atoms. The molecule has 1 fully saturated rings. The van der Waals surface area contributed by atoms with Gasteiger partial charge >= 0.3 is 0 Å². The third-order valence-electron chi connectivity index (χ3n) is 4.63. The Bertz CT molecular complexity index is 666. The molecular formula is C17H21NO3. The van der Waals surface area contributed by atoms with Gasteiger partial charge in [-0.25, -0.2) is 0 Å². The van der Waals surface area contributed by atoms with Crippen molar-refractivity contribution in [3.05, 3.63) is 29.0 Å². The molecule has 1 aliphatic heterocycles. The standard InChI is InChI=1S/C17H21NO3/c1-11-12(2)21-17-15(11)8-14(9-16(17)20-3)13-4-6-18(10-19)7-5-13/h8-10,13H,4-7H2,1-3H3. The summed E-state index contributed by atoms with van der Waals surface area (Å²) in [6.07, 6.45) is 2.95. The van der Waals surface area contributed by atoms with Gasteiger partial charge in [0.2, 0.25) is 6.41 Å². The van der Waals surface area contributed by atoms with Crippen molar-refractivity contribution in [2.24, 2.45) is 0 Å². The van der Waals surface area contributed by atoms with E-state index in [2.05, 4.69) is 19.1 Å². The molecule has 0 radical (unpaired) electrons. The van der Waals surface area contributed by atoms with Gasteiger partial charge in [-0.1, -0.05) is 0 Å².